The molecule has 1 rings (SSSR count). The Kier molecular flexibility index (Phi) is 2.32. The van der Waals surface area contributed by atoms with Gasteiger partial charge in [0, 0.05) is 6.42 Å². The van der Waals surface area contributed by atoms with Crippen molar-refractivity contribution in [2.45, 2.75) is 25.9 Å². The lowest BCUT2D eigenvalue weighted by Crippen LogP contribution is -2.28. The van der Waals surface area contributed by atoms with Crippen LogP contribution in [0.25, 0.3) is 0 Å². The van der Waals surface area contributed by atoms with Gasteiger partial charge < -0.3 is 16.2 Å². The summed E-state index contributed by atoms with van der Waals surface area (Å²) in [5, 5.41) is 7.49. The summed E-state index contributed by atoms with van der Waals surface area (Å²) >= 11 is 0. The zero-order chi connectivity index (χ0) is 9.19. The van der Waals surface area contributed by atoms with Gasteiger partial charge in [0.25, 0.3) is 0 Å². The Hall–Kier alpha value is -1.10. The Morgan fingerprint density at radius 3 is 2.58 bits per heavy atom. The first-order valence-corrected chi connectivity index (χ1v) is 3.82. The van der Waals surface area contributed by atoms with E-state index in [9.17, 15) is 0 Å². The molecule has 12 heavy (non-hydrogen) atoms. The number of nitrogens with zero attached hydrogens (tertiary/aromatic N) is 2. The van der Waals surface area contributed by atoms with Crippen LogP contribution in [0.15, 0.2) is 10.2 Å². The van der Waals surface area contributed by atoms with Crippen LogP contribution >= 0.6 is 0 Å². The van der Waals surface area contributed by atoms with Crippen molar-refractivity contribution in [3.05, 3.63) is 0 Å². The first-order valence-electron chi connectivity index (χ1n) is 3.82. The van der Waals surface area contributed by atoms with Gasteiger partial charge in [0.2, 0.25) is 5.96 Å². The zero-order valence-electron chi connectivity index (χ0n) is 7.37. The van der Waals surface area contributed by atoms with Gasteiger partial charge in [-0.25, -0.2) is 0 Å². The average Bonchev–Trinajstić information content (AvgIpc) is 2.25. The van der Waals surface area contributed by atoms with Crippen LogP contribution in [0.1, 0.15) is 20.3 Å². The van der Waals surface area contributed by atoms with Crippen molar-refractivity contribution in [3.63, 3.8) is 0 Å². The second-order valence-electron chi connectivity index (χ2n) is 3.18. The van der Waals surface area contributed by atoms with Gasteiger partial charge in [-0.2, -0.15) is 5.10 Å². The smallest absolute Gasteiger partial charge is 0.211 e. The number of rotatable bonds is 1. The largest absolute Gasteiger partial charge is 0.369 e. The van der Waals surface area contributed by atoms with E-state index >= 15 is 0 Å². The molecule has 0 aromatic carbocycles. The van der Waals surface area contributed by atoms with E-state index in [0.29, 0.717) is 6.61 Å². The van der Waals surface area contributed by atoms with E-state index in [1.54, 1.807) is 0 Å². The normalized spacial score (nSPS) is 24.3. The quantitative estimate of drug-likeness (QED) is 0.325. The molecule has 68 valence electrons. The third kappa shape index (κ3) is 1.94. The first-order chi connectivity index (χ1) is 5.52. The summed E-state index contributed by atoms with van der Waals surface area (Å²) in [4.78, 5) is 0. The Morgan fingerprint density at radius 1 is 1.50 bits per heavy atom. The Labute approximate surface area is 71.5 Å². The minimum absolute atomic E-state index is 0.0230. The molecule has 0 spiro atoms. The third-order valence-electron chi connectivity index (χ3n) is 1.78. The van der Waals surface area contributed by atoms with E-state index in [1.165, 1.54) is 0 Å². The number of hydrogen-bond donors (Lipinski definition) is 2. The van der Waals surface area contributed by atoms with Gasteiger partial charge >= 0.3 is 0 Å². The van der Waals surface area contributed by atoms with Crippen LogP contribution in [-0.4, -0.2) is 23.9 Å². The predicted molar refractivity (Wildman–Crippen MR) is 47.9 cm³/mol. The molecule has 0 unspecified atom stereocenters. The van der Waals surface area contributed by atoms with Crippen molar-refractivity contribution in [1.82, 2.24) is 0 Å². The van der Waals surface area contributed by atoms with Gasteiger partial charge in [0.05, 0.1) is 12.3 Å². The van der Waals surface area contributed by atoms with Crippen molar-refractivity contribution in [2.75, 3.05) is 6.61 Å². The third-order valence-corrected chi connectivity index (χ3v) is 1.78. The molecule has 0 radical (unpaired) electrons. The summed E-state index contributed by atoms with van der Waals surface area (Å²) in [6, 6.07) is 0. The van der Waals surface area contributed by atoms with E-state index in [-0.39, 0.29) is 11.6 Å². The molecule has 0 saturated carbocycles. The number of nitrogens with two attached hydrogens (primary N) is 2. The van der Waals surface area contributed by atoms with Crippen LogP contribution in [0.2, 0.25) is 0 Å². The van der Waals surface area contributed by atoms with E-state index in [0.717, 1.165) is 12.1 Å². The highest BCUT2D eigenvalue weighted by Crippen LogP contribution is 2.21. The molecule has 1 aliphatic rings. The molecule has 1 fully saturated rings. The molecule has 5 heteroatoms. The lowest BCUT2D eigenvalue weighted by atomic mass is 10.0. The summed E-state index contributed by atoms with van der Waals surface area (Å²) in [5.41, 5.74) is 10.8. The summed E-state index contributed by atoms with van der Waals surface area (Å²) < 4.78 is 5.40. The van der Waals surface area contributed by atoms with Gasteiger partial charge in [-0.1, -0.05) is 0 Å². The van der Waals surface area contributed by atoms with Crippen molar-refractivity contribution in [2.24, 2.45) is 21.7 Å². The van der Waals surface area contributed by atoms with Crippen molar-refractivity contribution >= 4 is 11.7 Å². The average molecular weight is 170 g/mol. The fraction of sp³-hybridized carbons (Fsp3) is 0.714. The topological polar surface area (TPSA) is 86.0 Å². The van der Waals surface area contributed by atoms with Crippen LogP contribution in [0, 0.1) is 0 Å². The van der Waals surface area contributed by atoms with Gasteiger partial charge in [-0.3, -0.25) is 0 Å². The maximum atomic E-state index is 5.40. The monoisotopic (exact) mass is 170 g/mol. The molecule has 0 amide bonds. The predicted octanol–water partition coefficient (Wildman–Crippen LogP) is -0.185. The molecular formula is C7H14N4O. The molecule has 0 atom stereocenters. The summed E-state index contributed by atoms with van der Waals surface area (Å²) in [6.45, 7) is 4.58. The molecular weight excluding hydrogens is 156 g/mol. The van der Waals surface area contributed by atoms with E-state index in [2.05, 4.69) is 10.2 Å². The molecule has 0 aromatic heterocycles. The van der Waals surface area contributed by atoms with Crippen molar-refractivity contribution < 1.29 is 4.74 Å². The number of ether oxygens (including phenoxy) is 1. The van der Waals surface area contributed by atoms with Gasteiger partial charge in [0.1, 0.15) is 5.60 Å². The van der Waals surface area contributed by atoms with E-state index in [4.69, 9.17) is 16.2 Å². The maximum absolute atomic E-state index is 5.40. The molecule has 5 nitrogen and oxygen atoms in total. The highest BCUT2D eigenvalue weighted by atomic mass is 16.5. The lowest BCUT2D eigenvalue weighted by molar-refractivity contribution is 0.0680. The fourth-order valence-electron chi connectivity index (χ4n) is 1.08. The molecule has 1 aliphatic heterocycles. The fourth-order valence-corrected chi connectivity index (χ4v) is 1.08. The van der Waals surface area contributed by atoms with Gasteiger partial charge in [0.15, 0.2) is 0 Å². The summed E-state index contributed by atoms with van der Waals surface area (Å²) in [7, 11) is 0. The summed E-state index contributed by atoms with van der Waals surface area (Å²) in [6.07, 6.45) is 0.795. The number of hydrogen-bond acceptors (Lipinski definition) is 3. The van der Waals surface area contributed by atoms with Crippen molar-refractivity contribution in [1.29, 1.82) is 0 Å². The summed E-state index contributed by atoms with van der Waals surface area (Å²) in [5.74, 6) is -0.0230. The zero-order valence-corrected chi connectivity index (χ0v) is 7.37. The van der Waals surface area contributed by atoms with Crippen molar-refractivity contribution in [3.8, 4) is 0 Å². The highest BCUT2D eigenvalue weighted by molar-refractivity contribution is 5.93. The van der Waals surface area contributed by atoms with Crippen LogP contribution in [0.4, 0.5) is 0 Å². The van der Waals surface area contributed by atoms with Crippen LogP contribution in [0.3, 0.4) is 0 Å². The maximum Gasteiger partial charge on any atom is 0.211 e. The van der Waals surface area contributed by atoms with Gasteiger partial charge in [-0.15, -0.1) is 5.10 Å². The van der Waals surface area contributed by atoms with E-state index in [1.807, 2.05) is 13.8 Å². The second-order valence-corrected chi connectivity index (χ2v) is 3.18. The molecule has 0 aliphatic carbocycles. The first kappa shape index (κ1) is 8.99. The second kappa shape index (κ2) is 3.10. The molecule has 1 saturated heterocycles. The standard InChI is InChI=1S/C7H14N4O/c1-7(2)5(3-4-12-7)10-11-6(8)9/h3-4H2,1-2H3,(H4,8,9,11)/b10-5+. The SMILES string of the molecule is CC1(C)OCC/C1=N\N=C(N)N. The molecule has 0 aromatic rings. The minimum Gasteiger partial charge on any atom is -0.369 e. The Morgan fingerprint density at radius 2 is 2.17 bits per heavy atom. The molecule has 0 bridgehead atoms. The highest BCUT2D eigenvalue weighted by Gasteiger charge is 2.31. The van der Waals surface area contributed by atoms with Crippen LogP contribution < -0.4 is 11.5 Å². The lowest BCUT2D eigenvalue weighted by Gasteiger charge is -2.16. The number of guanidine groups is 1. The minimum atomic E-state index is -0.320. The Bertz CT molecular complexity index is 228. The van der Waals surface area contributed by atoms with E-state index < -0.39 is 0 Å². The van der Waals surface area contributed by atoms with Gasteiger partial charge in [-0.05, 0) is 13.8 Å². The molecule has 4 N–H and O–H groups in total. The Balaban J connectivity index is 2.75. The molecule has 1 heterocycles. The van der Waals surface area contributed by atoms with Crippen LogP contribution in [0.5, 0.6) is 0 Å². The van der Waals surface area contributed by atoms with Crippen LogP contribution in [-0.2, 0) is 4.74 Å².